The number of aromatic nitrogens is 2. The normalized spacial score (nSPS) is 10.3. The molecule has 7 heteroatoms. The van der Waals surface area contributed by atoms with Crippen molar-refractivity contribution >= 4 is 23.4 Å². The highest BCUT2D eigenvalue weighted by atomic mass is 32.2. The van der Waals surface area contributed by atoms with Gasteiger partial charge in [-0.2, -0.15) is 0 Å². The average Bonchev–Trinajstić information content (AvgIpc) is 2.73. The maximum absolute atomic E-state index is 11.6. The monoisotopic (exact) mass is 265 g/mol. The molecule has 1 aromatic heterocycles. The average molecular weight is 265 g/mol. The number of anilines is 1. The Hall–Kier alpha value is -2.02. The van der Waals surface area contributed by atoms with E-state index in [0.717, 1.165) is 11.8 Å². The molecule has 0 unspecified atom stereocenters. The van der Waals surface area contributed by atoms with E-state index in [0.29, 0.717) is 16.8 Å². The summed E-state index contributed by atoms with van der Waals surface area (Å²) in [5.74, 6) is 0.525. The van der Waals surface area contributed by atoms with Crippen LogP contribution >= 0.6 is 11.8 Å². The second kappa shape index (κ2) is 5.54. The molecular weight excluding hydrogens is 254 g/mol. The summed E-state index contributed by atoms with van der Waals surface area (Å²) in [7, 11) is 0. The number of aryl methyl sites for hydroxylation is 1. The van der Waals surface area contributed by atoms with Crippen molar-refractivity contribution in [2.24, 2.45) is 0 Å². The van der Waals surface area contributed by atoms with Gasteiger partial charge in [0.25, 0.3) is 5.22 Å². The van der Waals surface area contributed by atoms with Gasteiger partial charge in [-0.3, -0.25) is 4.79 Å². The minimum absolute atomic E-state index is 0.105. The molecule has 6 nitrogen and oxygen atoms in total. The van der Waals surface area contributed by atoms with Crippen LogP contribution in [0.2, 0.25) is 0 Å². The molecule has 2 rings (SSSR count). The van der Waals surface area contributed by atoms with Crippen molar-refractivity contribution in [1.29, 1.82) is 0 Å². The Morgan fingerprint density at radius 1 is 1.50 bits per heavy atom. The van der Waals surface area contributed by atoms with Gasteiger partial charge in [0.1, 0.15) is 5.75 Å². The molecule has 0 aliphatic heterocycles. The van der Waals surface area contributed by atoms with Crippen LogP contribution in [-0.4, -0.2) is 27.0 Å². The molecule has 0 bridgehead atoms. The fourth-order valence-electron chi connectivity index (χ4n) is 1.24. The van der Waals surface area contributed by atoms with E-state index >= 15 is 0 Å². The van der Waals surface area contributed by atoms with Gasteiger partial charge in [0.2, 0.25) is 11.8 Å². The van der Waals surface area contributed by atoms with E-state index in [1.165, 1.54) is 12.1 Å². The number of amides is 1. The lowest BCUT2D eigenvalue weighted by atomic mass is 10.3. The molecule has 2 N–H and O–H groups in total. The van der Waals surface area contributed by atoms with E-state index in [2.05, 4.69) is 15.5 Å². The van der Waals surface area contributed by atoms with Crippen LogP contribution < -0.4 is 5.32 Å². The maximum Gasteiger partial charge on any atom is 0.277 e. The third-order valence-corrected chi connectivity index (χ3v) is 2.78. The summed E-state index contributed by atoms with van der Waals surface area (Å²) in [6.45, 7) is 1.68. The standard InChI is InChI=1S/C11H11N3O3S/c1-7-13-14-11(17-7)18-6-10(16)12-8-3-2-4-9(15)5-8/h2-5,15H,6H2,1H3,(H,12,16). The van der Waals surface area contributed by atoms with Gasteiger partial charge in [-0.1, -0.05) is 17.8 Å². The van der Waals surface area contributed by atoms with Crippen molar-refractivity contribution < 1.29 is 14.3 Å². The zero-order valence-electron chi connectivity index (χ0n) is 9.58. The van der Waals surface area contributed by atoms with Crippen molar-refractivity contribution in [3.8, 4) is 5.75 Å². The highest BCUT2D eigenvalue weighted by Gasteiger charge is 2.08. The number of carbonyl (C=O) groups excluding carboxylic acids is 1. The number of nitrogens with zero attached hydrogens (tertiary/aromatic N) is 2. The largest absolute Gasteiger partial charge is 0.508 e. The summed E-state index contributed by atoms with van der Waals surface area (Å²) in [5.41, 5.74) is 0.544. The minimum atomic E-state index is -0.207. The Kier molecular flexibility index (Phi) is 3.83. The molecule has 0 spiro atoms. The minimum Gasteiger partial charge on any atom is -0.508 e. The lowest BCUT2D eigenvalue weighted by molar-refractivity contribution is -0.113. The van der Waals surface area contributed by atoms with Crippen LogP contribution in [0.5, 0.6) is 5.75 Å². The molecule has 94 valence electrons. The van der Waals surface area contributed by atoms with Gasteiger partial charge in [0.05, 0.1) is 5.75 Å². The number of phenolic OH excluding ortho intramolecular Hbond substituents is 1. The predicted octanol–water partition coefficient (Wildman–Crippen LogP) is 1.81. The number of nitrogens with one attached hydrogen (secondary N) is 1. The van der Waals surface area contributed by atoms with Gasteiger partial charge in [-0.05, 0) is 12.1 Å². The summed E-state index contributed by atoms with van der Waals surface area (Å²) in [4.78, 5) is 11.6. The molecule has 0 atom stereocenters. The maximum atomic E-state index is 11.6. The molecule has 0 aliphatic rings. The van der Waals surface area contributed by atoms with Crippen molar-refractivity contribution in [3.05, 3.63) is 30.2 Å². The van der Waals surface area contributed by atoms with E-state index in [4.69, 9.17) is 4.42 Å². The van der Waals surface area contributed by atoms with Crippen molar-refractivity contribution in [1.82, 2.24) is 10.2 Å². The first-order valence-corrected chi connectivity index (χ1v) is 6.14. The highest BCUT2D eigenvalue weighted by molar-refractivity contribution is 7.99. The molecule has 0 saturated carbocycles. The van der Waals surface area contributed by atoms with E-state index < -0.39 is 0 Å². The van der Waals surface area contributed by atoms with Gasteiger partial charge in [0, 0.05) is 18.7 Å². The molecule has 0 radical (unpaired) electrons. The van der Waals surface area contributed by atoms with Gasteiger partial charge >= 0.3 is 0 Å². The van der Waals surface area contributed by atoms with E-state index in [-0.39, 0.29) is 17.4 Å². The second-order valence-electron chi connectivity index (χ2n) is 3.47. The Balaban J connectivity index is 1.85. The number of phenols is 1. The topological polar surface area (TPSA) is 88.2 Å². The number of benzene rings is 1. The number of rotatable bonds is 4. The zero-order chi connectivity index (χ0) is 13.0. The smallest absolute Gasteiger partial charge is 0.277 e. The van der Waals surface area contributed by atoms with Crippen molar-refractivity contribution in [2.75, 3.05) is 11.1 Å². The fourth-order valence-corrected chi connectivity index (χ4v) is 1.85. The van der Waals surface area contributed by atoms with Crippen LogP contribution in [0, 0.1) is 6.92 Å². The number of hydrogen-bond donors (Lipinski definition) is 2. The van der Waals surface area contributed by atoms with Crippen LogP contribution in [0.25, 0.3) is 0 Å². The number of aromatic hydroxyl groups is 1. The Bertz CT molecular complexity index is 556. The second-order valence-corrected chi connectivity index (χ2v) is 4.40. The third kappa shape index (κ3) is 3.49. The quantitative estimate of drug-likeness (QED) is 0.820. The first kappa shape index (κ1) is 12.4. The van der Waals surface area contributed by atoms with Gasteiger partial charge in [-0.25, -0.2) is 0 Å². The van der Waals surface area contributed by atoms with Crippen LogP contribution in [0.1, 0.15) is 5.89 Å². The molecular formula is C11H11N3O3S. The summed E-state index contributed by atoms with van der Waals surface area (Å²) in [5, 5.41) is 19.7. The number of thioether (sulfide) groups is 1. The van der Waals surface area contributed by atoms with Gasteiger partial charge in [0.15, 0.2) is 0 Å². The molecule has 0 saturated heterocycles. The van der Waals surface area contributed by atoms with Crippen LogP contribution in [-0.2, 0) is 4.79 Å². The van der Waals surface area contributed by atoms with Crippen LogP contribution in [0.15, 0.2) is 33.9 Å². The predicted molar refractivity (Wildman–Crippen MR) is 66.5 cm³/mol. The molecule has 0 aliphatic carbocycles. The highest BCUT2D eigenvalue weighted by Crippen LogP contribution is 2.18. The summed E-state index contributed by atoms with van der Waals surface area (Å²) in [6.07, 6.45) is 0. The van der Waals surface area contributed by atoms with E-state index in [1.807, 2.05) is 0 Å². The first-order valence-electron chi connectivity index (χ1n) is 5.15. The molecule has 1 heterocycles. The Morgan fingerprint density at radius 3 is 3.00 bits per heavy atom. The number of carbonyl (C=O) groups is 1. The zero-order valence-corrected chi connectivity index (χ0v) is 10.4. The summed E-state index contributed by atoms with van der Waals surface area (Å²) in [6, 6.07) is 6.35. The fraction of sp³-hybridized carbons (Fsp3) is 0.182. The van der Waals surface area contributed by atoms with E-state index in [9.17, 15) is 9.90 Å². The lowest BCUT2D eigenvalue weighted by Crippen LogP contribution is -2.13. The van der Waals surface area contributed by atoms with Crippen LogP contribution in [0.3, 0.4) is 0 Å². The summed E-state index contributed by atoms with van der Waals surface area (Å²) < 4.78 is 5.12. The Labute approximate surface area is 107 Å². The number of hydrogen-bond acceptors (Lipinski definition) is 6. The molecule has 0 fully saturated rings. The first-order chi connectivity index (χ1) is 8.63. The van der Waals surface area contributed by atoms with Crippen molar-refractivity contribution in [3.63, 3.8) is 0 Å². The van der Waals surface area contributed by atoms with Crippen LogP contribution in [0.4, 0.5) is 5.69 Å². The SMILES string of the molecule is Cc1nnc(SCC(=O)Nc2cccc(O)c2)o1. The van der Waals surface area contributed by atoms with Gasteiger partial charge < -0.3 is 14.8 Å². The molecule has 2 aromatic rings. The van der Waals surface area contributed by atoms with Crippen molar-refractivity contribution in [2.45, 2.75) is 12.1 Å². The molecule has 1 amide bonds. The molecule has 18 heavy (non-hydrogen) atoms. The van der Waals surface area contributed by atoms with E-state index in [1.54, 1.807) is 19.1 Å². The lowest BCUT2D eigenvalue weighted by Gasteiger charge is -2.03. The Morgan fingerprint density at radius 2 is 2.33 bits per heavy atom. The summed E-state index contributed by atoms with van der Waals surface area (Å²) >= 11 is 1.16. The third-order valence-electron chi connectivity index (χ3n) is 1.96. The van der Waals surface area contributed by atoms with Gasteiger partial charge in [-0.15, -0.1) is 10.2 Å². The molecule has 1 aromatic carbocycles.